The highest BCUT2D eigenvalue weighted by Gasteiger charge is 2.09. The molecule has 6 nitrogen and oxygen atoms in total. The van der Waals surface area contributed by atoms with E-state index in [-0.39, 0.29) is 17.2 Å². The molecule has 0 saturated heterocycles. The van der Waals surface area contributed by atoms with Crippen LogP contribution in [-0.2, 0) is 27.6 Å². The van der Waals surface area contributed by atoms with Gasteiger partial charge in [0.1, 0.15) is 0 Å². The highest BCUT2D eigenvalue weighted by atomic mass is 32.2. The lowest BCUT2D eigenvalue weighted by atomic mass is 10.1. The zero-order valence-corrected chi connectivity index (χ0v) is 17.2. The summed E-state index contributed by atoms with van der Waals surface area (Å²) in [5, 5.41) is 8.49. The largest absolute Gasteiger partial charge is 0.352 e. The van der Waals surface area contributed by atoms with Gasteiger partial charge in [0.05, 0.1) is 17.0 Å². The average Bonchev–Trinajstić information content (AvgIpc) is 3.07. The number of sulfone groups is 1. The quantitative estimate of drug-likeness (QED) is 0.617. The van der Waals surface area contributed by atoms with E-state index in [0.717, 1.165) is 11.3 Å². The fourth-order valence-electron chi connectivity index (χ4n) is 2.49. The Morgan fingerprint density at radius 2 is 1.75 bits per heavy atom. The van der Waals surface area contributed by atoms with Crippen molar-refractivity contribution in [3.05, 3.63) is 70.7 Å². The highest BCUT2D eigenvalue weighted by Crippen LogP contribution is 2.22. The molecule has 0 saturated carbocycles. The normalized spacial score (nSPS) is 11.2. The maximum atomic E-state index is 12.1. The van der Waals surface area contributed by atoms with E-state index in [2.05, 4.69) is 15.6 Å². The first-order valence-electron chi connectivity index (χ1n) is 8.63. The Kier molecular flexibility index (Phi) is 6.11. The van der Waals surface area contributed by atoms with Gasteiger partial charge in [-0.25, -0.2) is 13.4 Å². The number of aryl methyl sites for hydroxylation is 1. The molecule has 0 atom stereocenters. The third-order valence-corrected chi connectivity index (χ3v) is 5.97. The topological polar surface area (TPSA) is 88.2 Å². The maximum absolute atomic E-state index is 12.1. The van der Waals surface area contributed by atoms with Crippen molar-refractivity contribution in [3.8, 4) is 0 Å². The number of aromatic nitrogens is 1. The van der Waals surface area contributed by atoms with E-state index in [1.165, 1.54) is 23.2 Å². The molecule has 28 heavy (non-hydrogen) atoms. The first kappa shape index (κ1) is 20.0. The van der Waals surface area contributed by atoms with Crippen molar-refractivity contribution in [2.75, 3.05) is 11.6 Å². The number of rotatable bonds is 7. The Hall–Kier alpha value is -2.71. The van der Waals surface area contributed by atoms with Crippen LogP contribution in [0.1, 0.15) is 16.8 Å². The van der Waals surface area contributed by atoms with Gasteiger partial charge in [-0.1, -0.05) is 29.8 Å². The van der Waals surface area contributed by atoms with E-state index in [1.54, 1.807) is 24.3 Å². The minimum atomic E-state index is -3.21. The molecular formula is C20H21N3O3S2. The van der Waals surface area contributed by atoms with Gasteiger partial charge >= 0.3 is 0 Å². The molecule has 0 aliphatic rings. The fraction of sp³-hybridized carbons (Fsp3) is 0.200. The summed E-state index contributed by atoms with van der Waals surface area (Å²) in [6.45, 7) is 2.51. The van der Waals surface area contributed by atoms with Crippen molar-refractivity contribution < 1.29 is 13.2 Å². The Morgan fingerprint density at radius 1 is 1.07 bits per heavy atom. The third kappa shape index (κ3) is 5.64. The Labute approximate surface area is 168 Å². The third-order valence-electron chi connectivity index (χ3n) is 4.04. The molecule has 2 aromatic carbocycles. The molecule has 0 aliphatic heterocycles. The zero-order valence-electron chi connectivity index (χ0n) is 15.6. The Bertz CT molecular complexity index is 1060. The lowest BCUT2D eigenvalue weighted by molar-refractivity contribution is -0.120. The van der Waals surface area contributed by atoms with E-state index in [0.29, 0.717) is 17.4 Å². The number of hydrogen-bond acceptors (Lipinski definition) is 6. The summed E-state index contributed by atoms with van der Waals surface area (Å²) < 4.78 is 23.0. The van der Waals surface area contributed by atoms with E-state index in [1.807, 2.05) is 36.6 Å². The van der Waals surface area contributed by atoms with Gasteiger partial charge in [-0.2, -0.15) is 0 Å². The van der Waals surface area contributed by atoms with Gasteiger partial charge in [0.25, 0.3) is 0 Å². The predicted octanol–water partition coefficient (Wildman–Crippen LogP) is 3.46. The standard InChI is InChI=1S/C20H21N3O3S2/c1-14-3-5-15(6-4-14)12-21-19(24)11-17-13-27-20(23-17)22-16-7-9-18(10-8-16)28(2,25)26/h3-10,13H,11-12H2,1-2H3,(H,21,24)(H,22,23). The van der Waals surface area contributed by atoms with Gasteiger partial charge in [-0.15, -0.1) is 11.3 Å². The molecule has 1 amide bonds. The molecule has 3 rings (SSSR count). The van der Waals surface area contributed by atoms with Gasteiger partial charge in [-0.05, 0) is 36.8 Å². The summed E-state index contributed by atoms with van der Waals surface area (Å²) in [5.74, 6) is -0.0880. The van der Waals surface area contributed by atoms with Crippen LogP contribution < -0.4 is 10.6 Å². The van der Waals surface area contributed by atoms with Gasteiger partial charge in [0, 0.05) is 23.9 Å². The van der Waals surface area contributed by atoms with Crippen molar-refractivity contribution in [2.24, 2.45) is 0 Å². The van der Waals surface area contributed by atoms with Crippen LogP contribution in [0.15, 0.2) is 58.8 Å². The molecule has 1 aromatic heterocycles. The summed E-state index contributed by atoms with van der Waals surface area (Å²) in [5.41, 5.74) is 3.65. The van der Waals surface area contributed by atoms with Crippen molar-refractivity contribution in [1.82, 2.24) is 10.3 Å². The molecular weight excluding hydrogens is 394 g/mol. The van der Waals surface area contributed by atoms with E-state index >= 15 is 0 Å². The SMILES string of the molecule is Cc1ccc(CNC(=O)Cc2csc(Nc3ccc(S(C)(=O)=O)cc3)n2)cc1. The van der Waals surface area contributed by atoms with E-state index in [4.69, 9.17) is 0 Å². The Morgan fingerprint density at radius 3 is 2.39 bits per heavy atom. The second-order valence-corrected chi connectivity index (χ2v) is 9.38. The van der Waals surface area contributed by atoms with Gasteiger partial charge < -0.3 is 10.6 Å². The van der Waals surface area contributed by atoms with Crippen LogP contribution in [0.5, 0.6) is 0 Å². The lowest BCUT2D eigenvalue weighted by Crippen LogP contribution is -2.24. The second-order valence-electron chi connectivity index (χ2n) is 6.50. The van der Waals surface area contributed by atoms with Crippen LogP contribution in [0.4, 0.5) is 10.8 Å². The monoisotopic (exact) mass is 415 g/mol. The van der Waals surface area contributed by atoms with Crippen LogP contribution in [0.3, 0.4) is 0 Å². The molecule has 146 valence electrons. The van der Waals surface area contributed by atoms with Crippen LogP contribution in [0, 0.1) is 6.92 Å². The summed E-state index contributed by atoms with van der Waals surface area (Å²) in [6, 6.07) is 14.5. The summed E-state index contributed by atoms with van der Waals surface area (Å²) >= 11 is 1.39. The number of thiazole rings is 1. The average molecular weight is 416 g/mol. The van der Waals surface area contributed by atoms with Crippen LogP contribution in [0.2, 0.25) is 0 Å². The minimum absolute atomic E-state index is 0.0880. The number of amides is 1. The van der Waals surface area contributed by atoms with E-state index < -0.39 is 9.84 Å². The number of hydrogen-bond donors (Lipinski definition) is 2. The molecule has 0 bridgehead atoms. The van der Waals surface area contributed by atoms with Gasteiger partial charge in [-0.3, -0.25) is 4.79 Å². The molecule has 1 heterocycles. The number of carbonyl (C=O) groups excluding carboxylic acids is 1. The van der Waals surface area contributed by atoms with Crippen LogP contribution in [-0.4, -0.2) is 25.6 Å². The van der Waals surface area contributed by atoms with Crippen molar-refractivity contribution in [2.45, 2.75) is 24.8 Å². The van der Waals surface area contributed by atoms with Gasteiger partial charge in [0.15, 0.2) is 15.0 Å². The smallest absolute Gasteiger partial charge is 0.226 e. The molecule has 0 fully saturated rings. The summed E-state index contributed by atoms with van der Waals surface area (Å²) in [7, 11) is -3.21. The molecule has 8 heteroatoms. The van der Waals surface area contributed by atoms with Gasteiger partial charge in [0.2, 0.25) is 5.91 Å². The molecule has 0 unspecified atom stereocenters. The summed E-state index contributed by atoms with van der Waals surface area (Å²) in [6.07, 6.45) is 1.38. The first-order valence-corrected chi connectivity index (χ1v) is 11.4. The number of nitrogens with zero attached hydrogens (tertiary/aromatic N) is 1. The number of carbonyl (C=O) groups is 1. The Balaban J connectivity index is 1.53. The number of nitrogens with one attached hydrogen (secondary N) is 2. The van der Waals surface area contributed by atoms with Crippen molar-refractivity contribution in [3.63, 3.8) is 0 Å². The number of anilines is 2. The molecule has 3 aromatic rings. The minimum Gasteiger partial charge on any atom is -0.352 e. The van der Waals surface area contributed by atoms with E-state index in [9.17, 15) is 13.2 Å². The zero-order chi connectivity index (χ0) is 20.1. The highest BCUT2D eigenvalue weighted by molar-refractivity contribution is 7.90. The van der Waals surface area contributed by atoms with Crippen LogP contribution >= 0.6 is 11.3 Å². The summed E-state index contributed by atoms with van der Waals surface area (Å²) in [4.78, 5) is 16.8. The number of benzene rings is 2. The lowest BCUT2D eigenvalue weighted by Gasteiger charge is -2.05. The fourth-order valence-corrected chi connectivity index (χ4v) is 3.85. The van der Waals surface area contributed by atoms with Crippen molar-refractivity contribution in [1.29, 1.82) is 0 Å². The molecule has 0 radical (unpaired) electrons. The maximum Gasteiger partial charge on any atom is 0.226 e. The predicted molar refractivity (Wildman–Crippen MR) is 112 cm³/mol. The second kappa shape index (κ2) is 8.53. The van der Waals surface area contributed by atoms with Crippen LogP contribution in [0.25, 0.3) is 0 Å². The molecule has 0 spiro atoms. The first-order chi connectivity index (χ1) is 13.3. The molecule has 0 aliphatic carbocycles. The molecule has 2 N–H and O–H groups in total. The van der Waals surface area contributed by atoms with Crippen molar-refractivity contribution >= 4 is 37.9 Å².